The van der Waals surface area contributed by atoms with Crippen LogP contribution in [0.3, 0.4) is 0 Å². The molecule has 212 valence electrons. The number of nitrogens with one attached hydrogen (secondary N) is 1. The number of carbonyl (C=O) groups excluding carboxylic acids is 1. The molecule has 0 aromatic heterocycles. The summed E-state index contributed by atoms with van der Waals surface area (Å²) in [7, 11) is 6.12. The largest absolute Gasteiger partial charge is 0.507 e. The molecule has 5 rings (SSSR count). The Kier molecular flexibility index (Phi) is 7.94. The lowest BCUT2D eigenvalue weighted by Gasteiger charge is -2.42. The minimum atomic E-state index is -0.792. The van der Waals surface area contributed by atoms with Gasteiger partial charge in [0.15, 0.2) is 17.3 Å². The van der Waals surface area contributed by atoms with Crippen molar-refractivity contribution in [2.24, 2.45) is 0 Å². The Labute approximate surface area is 243 Å². The number of para-hydroxylation sites is 1. The van der Waals surface area contributed by atoms with Gasteiger partial charge in [-0.15, -0.1) is 0 Å². The highest BCUT2D eigenvalue weighted by atomic mass is 35.5. The number of halogens is 1. The Morgan fingerprint density at radius 2 is 1.59 bits per heavy atom. The molecular weight excluding hydrogens is 544 g/mol. The second kappa shape index (κ2) is 11.6. The maximum absolute atomic E-state index is 13.8. The Balaban J connectivity index is 1.86. The van der Waals surface area contributed by atoms with Crippen LogP contribution in [-0.2, 0) is 4.79 Å². The number of rotatable bonds is 7. The van der Waals surface area contributed by atoms with E-state index in [1.54, 1.807) is 54.5 Å². The van der Waals surface area contributed by atoms with Crippen molar-refractivity contribution in [3.8, 4) is 23.0 Å². The summed E-state index contributed by atoms with van der Waals surface area (Å²) >= 11 is 6.65. The Morgan fingerprint density at radius 3 is 2.17 bits per heavy atom. The number of methoxy groups -OCH3 is 4. The summed E-state index contributed by atoms with van der Waals surface area (Å²) < 4.78 is 22.1. The first-order valence-corrected chi connectivity index (χ1v) is 13.5. The van der Waals surface area contributed by atoms with Gasteiger partial charge in [0.1, 0.15) is 17.3 Å². The van der Waals surface area contributed by atoms with Gasteiger partial charge in [0.05, 0.1) is 39.1 Å². The predicted octanol–water partition coefficient (Wildman–Crippen LogP) is 6.93. The summed E-state index contributed by atoms with van der Waals surface area (Å²) in [6.07, 6.45) is 1.55. The van der Waals surface area contributed by atoms with Crippen LogP contribution in [0.5, 0.6) is 23.0 Å². The third kappa shape index (κ3) is 4.89. The first-order valence-electron chi connectivity index (χ1n) is 13.1. The summed E-state index contributed by atoms with van der Waals surface area (Å²) in [5, 5.41) is 21.9. The minimum absolute atomic E-state index is 0.0126. The van der Waals surface area contributed by atoms with Crippen molar-refractivity contribution in [2.45, 2.75) is 25.2 Å². The normalized spacial score (nSPS) is 18.2. The number of aliphatic hydroxyl groups excluding tert-OH is 1. The molecule has 3 aromatic rings. The van der Waals surface area contributed by atoms with Crippen LogP contribution < -0.4 is 23.8 Å². The monoisotopic (exact) mass is 574 g/mol. The second-order valence-electron chi connectivity index (χ2n) is 9.65. The van der Waals surface area contributed by atoms with Crippen molar-refractivity contribution in [2.75, 3.05) is 33.3 Å². The highest BCUT2D eigenvalue weighted by Gasteiger charge is 2.44. The van der Waals surface area contributed by atoms with E-state index in [1.165, 1.54) is 21.3 Å². The number of hydrogen-bond donors (Lipinski definition) is 2. The smallest absolute Gasteiger partial charge is 0.203 e. The van der Waals surface area contributed by atoms with E-state index >= 15 is 0 Å². The molecule has 0 saturated carbocycles. The van der Waals surface area contributed by atoms with E-state index in [9.17, 15) is 15.3 Å². The maximum Gasteiger partial charge on any atom is 0.203 e. The molecule has 0 spiro atoms. The number of hydrogen-bond acceptors (Lipinski definition) is 7. The molecule has 0 bridgehead atoms. The van der Waals surface area contributed by atoms with Gasteiger partial charge < -0.3 is 24.1 Å². The summed E-state index contributed by atoms with van der Waals surface area (Å²) in [5.41, 5.74) is 3.07. The molecule has 1 aliphatic heterocycles. The van der Waals surface area contributed by atoms with Crippen molar-refractivity contribution in [1.29, 1.82) is 5.41 Å². The Hall–Kier alpha value is -4.43. The third-order valence-corrected chi connectivity index (χ3v) is 7.81. The van der Waals surface area contributed by atoms with E-state index in [0.717, 1.165) is 0 Å². The second-order valence-corrected chi connectivity index (χ2v) is 10.1. The SMILES string of the molecule is COc1ccc(/C(O)=C2\C(=N)N(c3ccccc3Cl)C3=C(C(=O)CCC3)C2c2cc(OC)c(OC)c(OC)c2)cc1. The van der Waals surface area contributed by atoms with Crippen LogP contribution in [0, 0.1) is 5.41 Å². The molecule has 0 radical (unpaired) electrons. The summed E-state index contributed by atoms with van der Waals surface area (Å²) in [6, 6.07) is 17.6. The Bertz CT molecular complexity index is 1550. The van der Waals surface area contributed by atoms with Gasteiger partial charge in [-0.25, -0.2) is 0 Å². The minimum Gasteiger partial charge on any atom is -0.507 e. The van der Waals surface area contributed by atoms with Gasteiger partial charge in [0, 0.05) is 34.7 Å². The van der Waals surface area contributed by atoms with Crippen molar-refractivity contribution in [3.63, 3.8) is 0 Å². The van der Waals surface area contributed by atoms with Crippen LogP contribution in [-0.4, -0.2) is 45.2 Å². The number of ether oxygens (including phenoxy) is 4. The van der Waals surface area contributed by atoms with Gasteiger partial charge in [-0.2, -0.15) is 0 Å². The van der Waals surface area contributed by atoms with Gasteiger partial charge in [0.2, 0.25) is 5.75 Å². The quantitative estimate of drug-likeness (QED) is 0.295. The van der Waals surface area contributed by atoms with E-state index in [1.807, 2.05) is 18.2 Å². The summed E-state index contributed by atoms with van der Waals surface area (Å²) in [4.78, 5) is 15.5. The van der Waals surface area contributed by atoms with E-state index in [-0.39, 0.29) is 23.0 Å². The van der Waals surface area contributed by atoms with Crippen LogP contribution >= 0.6 is 11.6 Å². The fraction of sp³-hybridized carbons (Fsp3) is 0.250. The molecule has 2 aliphatic rings. The van der Waals surface area contributed by atoms with Gasteiger partial charge in [0.25, 0.3) is 0 Å². The summed E-state index contributed by atoms with van der Waals surface area (Å²) in [6.45, 7) is 0. The number of allylic oxidation sites excluding steroid dienone is 2. The average molecular weight is 575 g/mol. The molecule has 8 nitrogen and oxygen atoms in total. The van der Waals surface area contributed by atoms with Crippen LogP contribution in [0.4, 0.5) is 5.69 Å². The Morgan fingerprint density at radius 1 is 0.927 bits per heavy atom. The zero-order chi connectivity index (χ0) is 29.3. The lowest BCUT2D eigenvalue weighted by Crippen LogP contribution is -2.42. The first-order chi connectivity index (χ1) is 19.8. The number of anilines is 1. The standard InChI is InChI=1S/C32H31ClN2O6/c1-38-20-14-12-18(13-15-20)30(37)29-27(19-16-25(39-2)31(41-4)26(17-19)40-3)28-23(10-7-11-24(28)36)35(32(29)34)22-9-6-5-8-21(22)33/h5-6,8-9,12-17,27,34,37H,7,10-11H2,1-4H3/b30-29+,34-32?. The number of benzene rings is 3. The molecule has 1 unspecified atom stereocenters. The molecule has 3 aromatic carbocycles. The van der Waals surface area contributed by atoms with E-state index in [0.29, 0.717) is 75.4 Å². The topological polar surface area (TPSA) is 101 Å². The lowest BCUT2D eigenvalue weighted by molar-refractivity contribution is -0.116. The van der Waals surface area contributed by atoms with Crippen LogP contribution in [0.2, 0.25) is 5.02 Å². The van der Waals surface area contributed by atoms with Crippen LogP contribution in [0.25, 0.3) is 5.76 Å². The number of Topliss-reactive ketones (excluding diaryl/α,β-unsaturated/α-hetero) is 1. The van der Waals surface area contributed by atoms with Crippen LogP contribution in [0.1, 0.15) is 36.3 Å². The van der Waals surface area contributed by atoms with Gasteiger partial charge in [-0.1, -0.05) is 23.7 Å². The van der Waals surface area contributed by atoms with Crippen molar-refractivity contribution < 1.29 is 28.8 Å². The third-order valence-electron chi connectivity index (χ3n) is 7.49. The van der Waals surface area contributed by atoms with Crippen LogP contribution in [0.15, 0.2) is 77.5 Å². The van der Waals surface area contributed by atoms with E-state index in [2.05, 4.69) is 0 Å². The van der Waals surface area contributed by atoms with Gasteiger partial charge in [-0.3, -0.25) is 15.1 Å². The van der Waals surface area contributed by atoms with Gasteiger partial charge in [-0.05, 0) is 66.9 Å². The van der Waals surface area contributed by atoms with Crippen molar-refractivity contribution in [1.82, 2.24) is 0 Å². The number of aliphatic hydroxyl groups is 1. The zero-order valence-corrected chi connectivity index (χ0v) is 24.0. The predicted molar refractivity (Wildman–Crippen MR) is 159 cm³/mol. The molecule has 0 amide bonds. The molecular formula is C32H31ClN2O6. The molecule has 1 heterocycles. The fourth-order valence-corrected chi connectivity index (χ4v) is 5.82. The lowest BCUT2D eigenvalue weighted by atomic mass is 9.73. The zero-order valence-electron chi connectivity index (χ0n) is 23.3. The molecule has 1 atom stereocenters. The number of nitrogens with zero attached hydrogens (tertiary/aromatic N) is 1. The van der Waals surface area contributed by atoms with E-state index in [4.69, 9.17) is 30.5 Å². The highest BCUT2D eigenvalue weighted by molar-refractivity contribution is 6.34. The van der Waals surface area contributed by atoms with E-state index < -0.39 is 5.92 Å². The maximum atomic E-state index is 13.8. The van der Waals surface area contributed by atoms with Crippen molar-refractivity contribution in [3.05, 3.63) is 93.7 Å². The van der Waals surface area contributed by atoms with Gasteiger partial charge >= 0.3 is 0 Å². The molecule has 1 aliphatic carbocycles. The first kappa shape index (κ1) is 28.1. The number of ketones is 1. The molecule has 41 heavy (non-hydrogen) atoms. The van der Waals surface area contributed by atoms with Crippen molar-refractivity contribution >= 4 is 34.7 Å². The summed E-state index contributed by atoms with van der Waals surface area (Å²) in [5.74, 6) is 0.839. The molecule has 2 N–H and O–H groups in total. The number of carbonyl (C=O) groups is 1. The molecule has 0 fully saturated rings. The molecule has 9 heteroatoms. The highest BCUT2D eigenvalue weighted by Crippen LogP contribution is 2.51. The molecule has 0 saturated heterocycles. The fourth-order valence-electron chi connectivity index (χ4n) is 5.60. The number of amidine groups is 1. The average Bonchev–Trinajstić information content (AvgIpc) is 3.00.